The van der Waals surface area contributed by atoms with Gasteiger partial charge in [-0.1, -0.05) is 176 Å². The van der Waals surface area contributed by atoms with Crippen molar-refractivity contribution in [1.29, 1.82) is 0 Å². The van der Waals surface area contributed by atoms with E-state index in [0.29, 0.717) is 0 Å². The molecule has 2 heterocycles. The standard InChI is InChI=1S/C61H39NO2/c1-2-15-43(16-3-1)61(55-24-8-4-18-49(55)50-19-5-9-25-56(50)61)44-31-35-46(36-32-44)62(45-33-28-40(29-34-45)48-22-13-23-53-51-20-6-11-27-58(51)64-60(48)53)47-17-12-14-41(38-47)42-30-37-59-54(39-42)52-21-7-10-26-57(52)63-59/h1-39H. The summed E-state index contributed by atoms with van der Waals surface area (Å²) in [6.07, 6.45) is 0. The molecule has 0 amide bonds. The van der Waals surface area contributed by atoms with Gasteiger partial charge in [-0.2, -0.15) is 0 Å². The van der Waals surface area contributed by atoms with Gasteiger partial charge in [0.1, 0.15) is 22.3 Å². The normalized spacial score (nSPS) is 12.8. The Morgan fingerprint density at radius 3 is 1.55 bits per heavy atom. The molecule has 0 unspecified atom stereocenters. The zero-order valence-electron chi connectivity index (χ0n) is 34.8. The lowest BCUT2D eigenvalue weighted by Gasteiger charge is -2.34. The molecule has 0 N–H and O–H groups in total. The summed E-state index contributed by atoms with van der Waals surface area (Å²) >= 11 is 0. The van der Waals surface area contributed by atoms with Crippen LogP contribution in [0.2, 0.25) is 0 Å². The van der Waals surface area contributed by atoms with Gasteiger partial charge in [0.05, 0.1) is 5.41 Å². The van der Waals surface area contributed by atoms with Crippen molar-refractivity contribution in [2.75, 3.05) is 4.90 Å². The molecule has 0 aliphatic heterocycles. The summed E-state index contributed by atoms with van der Waals surface area (Å²) in [4.78, 5) is 2.37. The van der Waals surface area contributed by atoms with Crippen LogP contribution >= 0.6 is 0 Å². The van der Waals surface area contributed by atoms with Gasteiger partial charge < -0.3 is 13.7 Å². The van der Waals surface area contributed by atoms with Crippen LogP contribution in [0.4, 0.5) is 17.1 Å². The Balaban J connectivity index is 0.964. The van der Waals surface area contributed by atoms with E-state index in [1.165, 1.54) is 33.4 Å². The number of benzene rings is 10. The highest BCUT2D eigenvalue weighted by atomic mass is 16.3. The minimum absolute atomic E-state index is 0.479. The fourth-order valence-electron chi connectivity index (χ4n) is 10.5. The first kappa shape index (κ1) is 36.3. The van der Waals surface area contributed by atoms with Crippen molar-refractivity contribution < 1.29 is 8.83 Å². The summed E-state index contributed by atoms with van der Waals surface area (Å²) in [5.41, 5.74) is 18.4. The van der Waals surface area contributed by atoms with Gasteiger partial charge in [-0.3, -0.25) is 0 Å². The summed E-state index contributed by atoms with van der Waals surface area (Å²) in [6, 6.07) is 85.3. The molecule has 3 nitrogen and oxygen atoms in total. The highest BCUT2D eigenvalue weighted by molar-refractivity contribution is 6.10. The summed E-state index contributed by atoms with van der Waals surface area (Å²) < 4.78 is 12.7. The number of nitrogens with zero attached hydrogens (tertiary/aromatic N) is 1. The van der Waals surface area contributed by atoms with Crippen molar-refractivity contribution in [1.82, 2.24) is 0 Å². The van der Waals surface area contributed by atoms with Crippen molar-refractivity contribution in [2.45, 2.75) is 5.41 Å². The number of hydrogen-bond donors (Lipinski definition) is 0. The molecule has 300 valence electrons. The van der Waals surface area contributed by atoms with Crippen LogP contribution in [0.3, 0.4) is 0 Å². The molecule has 0 bridgehead atoms. The van der Waals surface area contributed by atoms with E-state index < -0.39 is 5.41 Å². The maximum Gasteiger partial charge on any atom is 0.143 e. The Morgan fingerprint density at radius 2 is 0.812 bits per heavy atom. The number of rotatable bonds is 7. The van der Waals surface area contributed by atoms with Gasteiger partial charge in [-0.15, -0.1) is 0 Å². The van der Waals surface area contributed by atoms with E-state index in [2.05, 4.69) is 217 Å². The summed E-state index contributed by atoms with van der Waals surface area (Å²) in [5, 5.41) is 4.49. The number of para-hydroxylation sites is 3. The van der Waals surface area contributed by atoms with Crippen molar-refractivity contribution in [3.63, 3.8) is 0 Å². The van der Waals surface area contributed by atoms with Crippen LogP contribution in [0.15, 0.2) is 245 Å². The Kier molecular flexibility index (Phi) is 8.13. The first-order chi connectivity index (χ1) is 31.7. The number of anilines is 3. The van der Waals surface area contributed by atoms with E-state index in [1.54, 1.807) is 0 Å². The third kappa shape index (κ3) is 5.47. The van der Waals surface area contributed by atoms with E-state index in [9.17, 15) is 0 Å². The minimum atomic E-state index is -0.479. The molecule has 0 saturated heterocycles. The van der Waals surface area contributed by atoms with Gasteiger partial charge >= 0.3 is 0 Å². The predicted octanol–water partition coefficient (Wildman–Crippen LogP) is 16.7. The van der Waals surface area contributed by atoms with Gasteiger partial charge in [0.25, 0.3) is 0 Å². The Bertz CT molecular complexity index is 3680. The van der Waals surface area contributed by atoms with E-state index >= 15 is 0 Å². The van der Waals surface area contributed by atoms with Crippen LogP contribution in [0, 0.1) is 0 Å². The third-order valence-electron chi connectivity index (χ3n) is 13.4. The van der Waals surface area contributed by atoms with Crippen LogP contribution in [-0.2, 0) is 5.41 Å². The fourth-order valence-corrected chi connectivity index (χ4v) is 10.5. The molecule has 12 aromatic rings. The Morgan fingerprint density at radius 1 is 0.297 bits per heavy atom. The van der Waals surface area contributed by atoms with E-state index in [1.807, 2.05) is 24.3 Å². The Hall–Kier alpha value is -8.40. The molecule has 0 saturated carbocycles. The summed E-state index contributed by atoms with van der Waals surface area (Å²) in [6.45, 7) is 0. The molecule has 64 heavy (non-hydrogen) atoms. The highest BCUT2D eigenvalue weighted by Crippen LogP contribution is 2.56. The molecule has 1 aliphatic carbocycles. The molecule has 10 aromatic carbocycles. The lowest BCUT2D eigenvalue weighted by molar-refractivity contribution is 0.669. The summed E-state index contributed by atoms with van der Waals surface area (Å²) in [7, 11) is 0. The van der Waals surface area contributed by atoms with Gasteiger partial charge in [0.15, 0.2) is 0 Å². The molecule has 13 rings (SSSR count). The number of hydrogen-bond acceptors (Lipinski definition) is 3. The minimum Gasteiger partial charge on any atom is -0.456 e. The molecular weight excluding hydrogens is 779 g/mol. The van der Waals surface area contributed by atoms with Gasteiger partial charge in [0.2, 0.25) is 0 Å². The van der Waals surface area contributed by atoms with Crippen LogP contribution in [0.25, 0.3) is 77.3 Å². The molecule has 1 aliphatic rings. The van der Waals surface area contributed by atoms with Crippen molar-refractivity contribution >= 4 is 60.9 Å². The fraction of sp³-hybridized carbons (Fsp3) is 0.0164. The molecule has 2 aromatic heterocycles. The van der Waals surface area contributed by atoms with E-state index in [4.69, 9.17) is 8.83 Å². The second-order valence-corrected chi connectivity index (χ2v) is 16.8. The Labute approximate surface area is 370 Å². The molecule has 0 fully saturated rings. The van der Waals surface area contributed by atoms with Crippen molar-refractivity contribution in [2.24, 2.45) is 0 Å². The van der Waals surface area contributed by atoms with E-state index in [-0.39, 0.29) is 0 Å². The lowest BCUT2D eigenvalue weighted by atomic mass is 9.68. The first-order valence-corrected chi connectivity index (χ1v) is 21.9. The van der Waals surface area contributed by atoms with Gasteiger partial charge in [-0.25, -0.2) is 0 Å². The lowest BCUT2D eigenvalue weighted by Crippen LogP contribution is -2.28. The molecular formula is C61H39NO2. The molecule has 0 radical (unpaired) electrons. The second-order valence-electron chi connectivity index (χ2n) is 16.8. The average Bonchev–Trinajstić information content (AvgIpc) is 4.03. The number of fused-ring (bicyclic) bond motifs is 9. The first-order valence-electron chi connectivity index (χ1n) is 21.9. The quantitative estimate of drug-likeness (QED) is 0.160. The van der Waals surface area contributed by atoms with Crippen molar-refractivity contribution in [3.8, 4) is 33.4 Å². The monoisotopic (exact) mass is 817 g/mol. The van der Waals surface area contributed by atoms with Crippen LogP contribution in [-0.4, -0.2) is 0 Å². The van der Waals surface area contributed by atoms with Crippen molar-refractivity contribution in [3.05, 3.63) is 259 Å². The predicted molar refractivity (Wildman–Crippen MR) is 264 cm³/mol. The summed E-state index contributed by atoms with van der Waals surface area (Å²) in [5.74, 6) is 0. The molecule has 0 atom stereocenters. The van der Waals surface area contributed by atoms with E-state index in [0.717, 1.165) is 83.2 Å². The largest absolute Gasteiger partial charge is 0.456 e. The third-order valence-corrected chi connectivity index (χ3v) is 13.4. The van der Waals surface area contributed by atoms with Crippen LogP contribution in [0.5, 0.6) is 0 Å². The highest BCUT2D eigenvalue weighted by Gasteiger charge is 2.45. The van der Waals surface area contributed by atoms with Gasteiger partial charge in [0, 0.05) is 44.2 Å². The van der Waals surface area contributed by atoms with Crippen LogP contribution in [0.1, 0.15) is 22.3 Å². The molecule has 0 spiro atoms. The smallest absolute Gasteiger partial charge is 0.143 e. The molecule has 3 heteroatoms. The van der Waals surface area contributed by atoms with Gasteiger partial charge in [-0.05, 0) is 111 Å². The SMILES string of the molecule is c1ccc(C2(c3ccc(N(c4ccc(-c5cccc6c5oc5ccccc56)cc4)c4cccc(-c5ccc6oc7ccccc7c6c5)c4)cc3)c3ccccc3-c3ccccc32)cc1. The zero-order chi connectivity index (χ0) is 42.2. The second kappa shape index (κ2) is 14.3. The topological polar surface area (TPSA) is 29.5 Å². The van der Waals surface area contributed by atoms with Crippen LogP contribution < -0.4 is 4.90 Å². The maximum atomic E-state index is 6.48. The number of furan rings is 2. The average molecular weight is 818 g/mol. The zero-order valence-corrected chi connectivity index (χ0v) is 34.8. The maximum absolute atomic E-state index is 6.48.